The summed E-state index contributed by atoms with van der Waals surface area (Å²) in [5.74, 6) is -0.0207. The summed E-state index contributed by atoms with van der Waals surface area (Å²) in [5.41, 5.74) is 0.689. The zero-order valence-corrected chi connectivity index (χ0v) is 9.64. The number of ether oxygens (including phenoxy) is 1. The summed E-state index contributed by atoms with van der Waals surface area (Å²) in [5, 5.41) is 0. The van der Waals surface area contributed by atoms with Crippen molar-refractivity contribution in [2.24, 2.45) is 16.2 Å². The first-order chi connectivity index (χ1) is 6.35. The fourth-order valence-electron chi connectivity index (χ4n) is 3.40. The van der Waals surface area contributed by atoms with Crippen LogP contribution in [0.25, 0.3) is 0 Å². The fourth-order valence-corrected chi connectivity index (χ4v) is 3.40. The molecule has 2 nitrogen and oxygen atoms in total. The van der Waals surface area contributed by atoms with E-state index in [9.17, 15) is 4.79 Å². The van der Waals surface area contributed by atoms with Crippen molar-refractivity contribution in [3.05, 3.63) is 0 Å². The zero-order chi connectivity index (χ0) is 10.6. The van der Waals surface area contributed by atoms with Gasteiger partial charge in [0.2, 0.25) is 0 Å². The Labute approximate surface area is 86.0 Å². The number of fused-ring (bicyclic) bond motifs is 1. The van der Waals surface area contributed by atoms with Gasteiger partial charge in [0.15, 0.2) is 0 Å². The van der Waals surface area contributed by atoms with Crippen molar-refractivity contribution in [3.8, 4) is 0 Å². The lowest BCUT2D eigenvalue weighted by Crippen LogP contribution is -2.36. The molecular weight excluding hydrogens is 176 g/mol. The highest BCUT2D eigenvalue weighted by atomic mass is 16.5. The first-order valence-corrected chi connectivity index (χ1v) is 5.44. The number of esters is 1. The summed E-state index contributed by atoms with van der Waals surface area (Å²) in [4.78, 5) is 11.7. The second-order valence-corrected chi connectivity index (χ2v) is 6.03. The minimum Gasteiger partial charge on any atom is -0.469 e. The van der Waals surface area contributed by atoms with Crippen molar-refractivity contribution in [1.29, 1.82) is 0 Å². The van der Waals surface area contributed by atoms with Gasteiger partial charge in [0.25, 0.3) is 0 Å². The molecule has 2 heteroatoms. The maximum absolute atomic E-state index is 11.7. The van der Waals surface area contributed by atoms with Gasteiger partial charge < -0.3 is 4.74 Å². The van der Waals surface area contributed by atoms with Crippen molar-refractivity contribution in [2.75, 3.05) is 7.11 Å². The molecule has 0 heterocycles. The number of hydrogen-bond donors (Lipinski definition) is 0. The third-order valence-corrected chi connectivity index (χ3v) is 4.80. The predicted molar refractivity (Wildman–Crippen MR) is 54.8 cm³/mol. The molecule has 0 amide bonds. The largest absolute Gasteiger partial charge is 0.469 e. The Balaban J connectivity index is 2.16. The Morgan fingerprint density at radius 1 is 1.07 bits per heavy atom. The van der Waals surface area contributed by atoms with Gasteiger partial charge in [-0.1, -0.05) is 13.8 Å². The summed E-state index contributed by atoms with van der Waals surface area (Å²) < 4.78 is 4.90. The third-order valence-electron chi connectivity index (χ3n) is 4.80. The molecule has 0 bridgehead atoms. The Hall–Kier alpha value is -0.530. The summed E-state index contributed by atoms with van der Waals surface area (Å²) >= 11 is 0. The topological polar surface area (TPSA) is 26.3 Å². The van der Waals surface area contributed by atoms with Crippen molar-refractivity contribution in [2.45, 2.75) is 46.5 Å². The van der Waals surface area contributed by atoms with E-state index in [1.54, 1.807) is 0 Å². The Morgan fingerprint density at radius 3 is 2.21 bits per heavy atom. The molecular formula is C12H20O2. The molecule has 2 aliphatic carbocycles. The molecule has 0 saturated heterocycles. The Morgan fingerprint density at radius 2 is 1.71 bits per heavy atom. The summed E-state index contributed by atoms with van der Waals surface area (Å²) in [6.07, 6.45) is 4.45. The van der Waals surface area contributed by atoms with E-state index in [-0.39, 0.29) is 11.4 Å². The SMILES string of the molecule is COC(=O)[C@@]1(C)CC[C@]2(C)C[C@]2(C)C1. The maximum Gasteiger partial charge on any atom is 0.311 e. The van der Waals surface area contributed by atoms with Crippen LogP contribution in [0.5, 0.6) is 0 Å². The molecule has 0 spiro atoms. The first-order valence-electron chi connectivity index (χ1n) is 5.44. The average molecular weight is 196 g/mol. The number of methoxy groups -OCH3 is 1. The van der Waals surface area contributed by atoms with Crippen molar-refractivity contribution in [3.63, 3.8) is 0 Å². The molecule has 3 atom stereocenters. The van der Waals surface area contributed by atoms with E-state index >= 15 is 0 Å². The van der Waals surface area contributed by atoms with Crippen LogP contribution in [0.2, 0.25) is 0 Å². The van der Waals surface area contributed by atoms with Crippen molar-refractivity contribution >= 4 is 5.97 Å². The molecule has 2 rings (SSSR count). The van der Waals surface area contributed by atoms with Gasteiger partial charge in [-0.3, -0.25) is 4.79 Å². The molecule has 0 aromatic carbocycles. The Kier molecular flexibility index (Phi) is 1.81. The van der Waals surface area contributed by atoms with Gasteiger partial charge >= 0.3 is 5.97 Å². The second kappa shape index (κ2) is 2.53. The second-order valence-electron chi connectivity index (χ2n) is 6.03. The van der Waals surface area contributed by atoms with Crippen LogP contribution in [0.15, 0.2) is 0 Å². The van der Waals surface area contributed by atoms with Crippen LogP contribution >= 0.6 is 0 Å². The van der Waals surface area contributed by atoms with Crippen LogP contribution in [0.3, 0.4) is 0 Å². The van der Waals surface area contributed by atoms with Gasteiger partial charge in [0.05, 0.1) is 12.5 Å². The number of carbonyl (C=O) groups is 1. The normalized spacial score (nSPS) is 50.9. The van der Waals surface area contributed by atoms with Crippen LogP contribution < -0.4 is 0 Å². The van der Waals surface area contributed by atoms with Gasteiger partial charge in [0.1, 0.15) is 0 Å². The molecule has 2 saturated carbocycles. The maximum atomic E-state index is 11.7. The van der Waals surface area contributed by atoms with Gasteiger partial charge in [-0.15, -0.1) is 0 Å². The average Bonchev–Trinajstić information content (AvgIpc) is 2.66. The van der Waals surface area contributed by atoms with Crippen LogP contribution in [0.4, 0.5) is 0 Å². The summed E-state index contributed by atoms with van der Waals surface area (Å²) in [6.45, 7) is 6.72. The highest BCUT2D eigenvalue weighted by Gasteiger charge is 2.66. The van der Waals surface area contributed by atoms with E-state index in [1.165, 1.54) is 20.0 Å². The standard InChI is InChI=1S/C12H20O2/c1-10(9(13)14-4)5-6-11(2)8-12(11,3)7-10/h5-8H2,1-4H3/t10-,11+,12-/m0/s1. The van der Waals surface area contributed by atoms with Gasteiger partial charge in [-0.05, 0) is 43.4 Å². The van der Waals surface area contributed by atoms with Gasteiger partial charge in [0, 0.05) is 0 Å². The predicted octanol–water partition coefficient (Wildman–Crippen LogP) is 2.77. The highest BCUT2D eigenvalue weighted by Crippen LogP contribution is 2.73. The lowest BCUT2D eigenvalue weighted by molar-refractivity contribution is -0.155. The zero-order valence-electron chi connectivity index (χ0n) is 9.64. The first kappa shape index (κ1) is 10.0. The molecule has 0 aromatic heterocycles. The third kappa shape index (κ3) is 1.12. The van der Waals surface area contributed by atoms with E-state index in [0.717, 1.165) is 12.8 Å². The van der Waals surface area contributed by atoms with Crippen molar-refractivity contribution in [1.82, 2.24) is 0 Å². The van der Waals surface area contributed by atoms with Crippen LogP contribution in [-0.4, -0.2) is 13.1 Å². The van der Waals surface area contributed by atoms with Crippen LogP contribution in [0, 0.1) is 16.2 Å². The lowest BCUT2D eigenvalue weighted by atomic mass is 9.67. The van der Waals surface area contributed by atoms with Crippen LogP contribution in [-0.2, 0) is 9.53 Å². The van der Waals surface area contributed by atoms with E-state index in [0.29, 0.717) is 10.8 Å². The molecule has 0 radical (unpaired) electrons. The monoisotopic (exact) mass is 196 g/mol. The molecule has 14 heavy (non-hydrogen) atoms. The van der Waals surface area contributed by atoms with E-state index in [2.05, 4.69) is 20.8 Å². The number of rotatable bonds is 1. The molecule has 0 aliphatic heterocycles. The number of carbonyl (C=O) groups excluding carboxylic acids is 1. The van der Waals surface area contributed by atoms with Gasteiger partial charge in [-0.2, -0.15) is 0 Å². The summed E-state index contributed by atoms with van der Waals surface area (Å²) in [6, 6.07) is 0. The van der Waals surface area contributed by atoms with Crippen LogP contribution in [0.1, 0.15) is 46.5 Å². The highest BCUT2D eigenvalue weighted by molar-refractivity contribution is 5.76. The smallest absolute Gasteiger partial charge is 0.311 e. The molecule has 0 unspecified atom stereocenters. The summed E-state index contributed by atoms with van der Waals surface area (Å²) in [7, 11) is 1.50. The number of hydrogen-bond acceptors (Lipinski definition) is 2. The van der Waals surface area contributed by atoms with Crippen molar-refractivity contribution < 1.29 is 9.53 Å². The molecule has 80 valence electrons. The minimum atomic E-state index is -0.223. The minimum absolute atomic E-state index is 0.0207. The molecule has 0 aromatic rings. The van der Waals surface area contributed by atoms with E-state index in [1.807, 2.05) is 0 Å². The molecule has 2 fully saturated rings. The molecule has 2 aliphatic rings. The van der Waals surface area contributed by atoms with E-state index in [4.69, 9.17) is 4.74 Å². The lowest BCUT2D eigenvalue weighted by Gasteiger charge is -2.37. The molecule has 0 N–H and O–H groups in total. The van der Waals surface area contributed by atoms with E-state index < -0.39 is 0 Å². The van der Waals surface area contributed by atoms with Gasteiger partial charge in [-0.25, -0.2) is 0 Å². The quantitative estimate of drug-likeness (QED) is 0.603. The Bertz CT molecular complexity index is 286. The fraction of sp³-hybridized carbons (Fsp3) is 0.917.